The van der Waals surface area contributed by atoms with E-state index in [1.807, 2.05) is 31.7 Å². The number of hydrogen-bond donors (Lipinski definition) is 2. The molecule has 0 spiro atoms. The minimum atomic E-state index is -4.78. The molecule has 13 heteroatoms. The van der Waals surface area contributed by atoms with E-state index in [1.54, 1.807) is 24.0 Å². The second-order valence-electron chi connectivity index (χ2n) is 9.81. The Morgan fingerprint density at radius 2 is 1.70 bits per heavy atom. The molecule has 0 aliphatic rings. The van der Waals surface area contributed by atoms with E-state index in [0.717, 1.165) is 30.4 Å². The molecule has 2 heterocycles. The molecule has 2 aromatic carbocycles. The Morgan fingerprint density at radius 1 is 1.00 bits per heavy atom. The average molecular weight is 608 g/mol. The zero-order valence-corrected chi connectivity index (χ0v) is 24.7. The van der Waals surface area contributed by atoms with Crippen molar-refractivity contribution in [2.75, 3.05) is 28.6 Å². The summed E-state index contributed by atoms with van der Waals surface area (Å²) in [6.45, 7) is 6.61. The summed E-state index contributed by atoms with van der Waals surface area (Å²) in [4.78, 5) is 13.0. The smallest absolute Gasteiger partial charge is 0.267 e. The fourth-order valence-corrected chi connectivity index (χ4v) is 6.45. The van der Waals surface area contributed by atoms with E-state index in [4.69, 9.17) is 4.98 Å². The summed E-state index contributed by atoms with van der Waals surface area (Å²) < 4.78 is 72.0. The van der Waals surface area contributed by atoms with E-state index < -0.39 is 38.1 Å². The quantitative estimate of drug-likeness (QED) is 0.188. The van der Waals surface area contributed by atoms with Gasteiger partial charge >= 0.3 is 0 Å². The van der Waals surface area contributed by atoms with E-state index in [2.05, 4.69) is 15.3 Å². The average Bonchev–Trinajstić information content (AvgIpc) is 3.34. The number of aromatic nitrogens is 3. The highest BCUT2D eigenvalue weighted by Gasteiger charge is 2.28. The van der Waals surface area contributed by atoms with Crippen LogP contribution >= 0.6 is 23.1 Å². The largest absolute Gasteiger partial charge is 0.354 e. The summed E-state index contributed by atoms with van der Waals surface area (Å²) in [6.07, 6.45) is 4.56. The highest BCUT2D eigenvalue weighted by Crippen LogP contribution is 2.42. The van der Waals surface area contributed by atoms with E-state index in [-0.39, 0.29) is 16.7 Å². The first-order valence-corrected chi connectivity index (χ1v) is 15.9. The molecule has 212 valence electrons. The van der Waals surface area contributed by atoms with Crippen molar-refractivity contribution >= 4 is 44.8 Å². The van der Waals surface area contributed by atoms with Gasteiger partial charge < -0.3 is 5.32 Å². The molecular weight excluding hydrogens is 580 g/mol. The number of nitrogens with one attached hydrogen (secondary N) is 2. The topological polar surface area (TPSA) is 96.9 Å². The number of thiazole rings is 1. The third kappa shape index (κ3) is 6.58. The van der Waals surface area contributed by atoms with Gasteiger partial charge in [0.05, 0.1) is 27.0 Å². The standard InChI is InChI=1S/C27H28F3N5O2S3/c1-27(2,3)25-34-22(23(39-25)20-12-14-32-26(33-20)31-13-7-15-38-4)16-8-5-11-19(21(16)30)35-40(36,37)24-17(28)9-6-10-18(24)29/h5-6,8-12,14,35H,7,13,15H2,1-4H3,(H,31,32,33). The number of sulfonamides is 1. The van der Waals surface area contributed by atoms with Gasteiger partial charge in [0.15, 0.2) is 10.7 Å². The Hall–Kier alpha value is -3.16. The molecule has 0 fully saturated rings. The van der Waals surface area contributed by atoms with E-state index in [1.165, 1.54) is 29.5 Å². The first-order chi connectivity index (χ1) is 18.9. The molecule has 0 amide bonds. The minimum absolute atomic E-state index is 0.00375. The van der Waals surface area contributed by atoms with Gasteiger partial charge in [-0.3, -0.25) is 4.72 Å². The molecule has 0 atom stereocenters. The third-order valence-electron chi connectivity index (χ3n) is 5.65. The number of halogens is 3. The van der Waals surface area contributed by atoms with Gasteiger partial charge in [0.25, 0.3) is 10.0 Å². The molecule has 2 N–H and O–H groups in total. The Balaban J connectivity index is 1.77. The van der Waals surface area contributed by atoms with Crippen molar-refractivity contribution in [1.82, 2.24) is 15.0 Å². The lowest BCUT2D eigenvalue weighted by Gasteiger charge is -2.14. The normalized spacial score (nSPS) is 12.0. The van der Waals surface area contributed by atoms with Crippen LogP contribution in [0.15, 0.2) is 53.6 Å². The summed E-state index contributed by atoms with van der Waals surface area (Å²) in [5.41, 5.74) is -0.0668. The maximum atomic E-state index is 15.9. The number of nitrogens with zero attached hydrogens (tertiary/aromatic N) is 3. The maximum Gasteiger partial charge on any atom is 0.267 e. The molecule has 0 saturated heterocycles. The molecular formula is C27H28F3N5O2S3. The molecule has 4 aromatic rings. The van der Waals surface area contributed by atoms with Crippen LogP contribution in [0.25, 0.3) is 21.8 Å². The highest BCUT2D eigenvalue weighted by atomic mass is 32.2. The van der Waals surface area contributed by atoms with E-state index >= 15 is 4.39 Å². The van der Waals surface area contributed by atoms with Crippen molar-refractivity contribution in [2.45, 2.75) is 37.5 Å². The third-order valence-corrected chi connectivity index (χ3v) is 9.27. The summed E-state index contributed by atoms with van der Waals surface area (Å²) in [5, 5.41) is 3.91. The van der Waals surface area contributed by atoms with Gasteiger partial charge in [0.2, 0.25) is 5.95 Å². The van der Waals surface area contributed by atoms with Gasteiger partial charge in [0.1, 0.15) is 11.6 Å². The second kappa shape index (κ2) is 12.1. The van der Waals surface area contributed by atoms with Crippen LogP contribution in [-0.2, 0) is 15.4 Å². The molecule has 0 bridgehead atoms. The van der Waals surface area contributed by atoms with Gasteiger partial charge in [-0.05, 0) is 48.8 Å². The summed E-state index contributed by atoms with van der Waals surface area (Å²) >= 11 is 3.09. The predicted octanol–water partition coefficient (Wildman–Crippen LogP) is 6.95. The van der Waals surface area contributed by atoms with Crippen molar-refractivity contribution in [1.29, 1.82) is 0 Å². The second-order valence-corrected chi connectivity index (χ2v) is 13.4. The fraction of sp³-hybridized carbons (Fsp3) is 0.296. The Bertz CT molecular complexity index is 1600. The van der Waals surface area contributed by atoms with Crippen molar-refractivity contribution in [3.8, 4) is 21.8 Å². The first kappa shape index (κ1) is 29.8. The molecule has 0 radical (unpaired) electrons. The van der Waals surface area contributed by atoms with Gasteiger partial charge in [-0.2, -0.15) is 11.8 Å². The molecule has 4 rings (SSSR count). The molecule has 0 aliphatic carbocycles. The molecule has 40 heavy (non-hydrogen) atoms. The number of thioether (sulfide) groups is 1. The van der Waals surface area contributed by atoms with Crippen LogP contribution in [0.5, 0.6) is 0 Å². The van der Waals surface area contributed by atoms with Crippen LogP contribution in [0.3, 0.4) is 0 Å². The van der Waals surface area contributed by atoms with E-state index in [9.17, 15) is 17.2 Å². The number of hydrogen-bond acceptors (Lipinski definition) is 8. The minimum Gasteiger partial charge on any atom is -0.354 e. The lowest BCUT2D eigenvalue weighted by Crippen LogP contribution is -2.17. The van der Waals surface area contributed by atoms with Crippen molar-refractivity contribution in [3.05, 3.63) is 71.1 Å². The molecule has 0 unspecified atom stereocenters. The predicted molar refractivity (Wildman–Crippen MR) is 156 cm³/mol. The van der Waals surface area contributed by atoms with Crippen LogP contribution in [-0.4, -0.2) is 41.9 Å². The summed E-state index contributed by atoms with van der Waals surface area (Å²) in [5.74, 6) is -2.11. The van der Waals surface area contributed by atoms with E-state index in [0.29, 0.717) is 28.1 Å². The van der Waals surface area contributed by atoms with Crippen LogP contribution in [0, 0.1) is 17.5 Å². The number of benzene rings is 2. The fourth-order valence-electron chi connectivity index (χ4n) is 3.71. The van der Waals surface area contributed by atoms with Gasteiger partial charge in [0, 0.05) is 23.7 Å². The number of anilines is 2. The van der Waals surface area contributed by atoms with Crippen LogP contribution < -0.4 is 10.0 Å². The molecule has 0 aliphatic heterocycles. The molecule has 7 nitrogen and oxygen atoms in total. The SMILES string of the molecule is CSCCCNc1nccc(-c2sc(C(C)(C)C)nc2-c2cccc(NS(=O)(=O)c3c(F)cccc3F)c2F)n1. The summed E-state index contributed by atoms with van der Waals surface area (Å²) in [6, 6.07) is 8.44. The van der Waals surface area contributed by atoms with Gasteiger partial charge in [-0.1, -0.05) is 32.9 Å². The summed E-state index contributed by atoms with van der Waals surface area (Å²) in [7, 11) is -4.78. The molecule has 2 aromatic heterocycles. The van der Waals surface area contributed by atoms with Gasteiger partial charge in [-0.15, -0.1) is 11.3 Å². The van der Waals surface area contributed by atoms with Crippen molar-refractivity contribution < 1.29 is 21.6 Å². The zero-order chi connectivity index (χ0) is 29.1. The monoisotopic (exact) mass is 607 g/mol. The lowest BCUT2D eigenvalue weighted by atomic mass is 9.98. The van der Waals surface area contributed by atoms with Gasteiger partial charge in [-0.25, -0.2) is 36.5 Å². The van der Waals surface area contributed by atoms with Crippen LogP contribution in [0.2, 0.25) is 0 Å². The Kier molecular flexibility index (Phi) is 9.06. The lowest BCUT2D eigenvalue weighted by molar-refractivity contribution is 0.521. The number of rotatable bonds is 10. The Labute approximate surface area is 239 Å². The maximum absolute atomic E-state index is 15.9. The van der Waals surface area contributed by atoms with Crippen molar-refractivity contribution in [3.63, 3.8) is 0 Å². The van der Waals surface area contributed by atoms with Crippen molar-refractivity contribution in [2.24, 2.45) is 0 Å². The zero-order valence-electron chi connectivity index (χ0n) is 22.3. The first-order valence-electron chi connectivity index (χ1n) is 12.3. The molecule has 0 saturated carbocycles. The van der Waals surface area contributed by atoms with Crippen LogP contribution in [0.4, 0.5) is 24.8 Å². The Morgan fingerprint density at radius 3 is 2.38 bits per heavy atom. The van der Waals surface area contributed by atoms with Crippen LogP contribution in [0.1, 0.15) is 32.2 Å². The highest BCUT2D eigenvalue weighted by molar-refractivity contribution is 7.98.